The van der Waals surface area contributed by atoms with E-state index in [-0.39, 0.29) is 22.7 Å². The van der Waals surface area contributed by atoms with Gasteiger partial charge in [-0.25, -0.2) is 18.2 Å². The molecule has 1 saturated carbocycles. The molecule has 1 atom stereocenters. The molecule has 1 aliphatic carbocycles. The lowest BCUT2D eigenvalue weighted by molar-refractivity contribution is 0.0697. The molecular weight excluding hydrogens is 306 g/mol. The predicted molar refractivity (Wildman–Crippen MR) is 84.9 cm³/mol. The quantitative estimate of drug-likeness (QED) is 0.793. The van der Waals surface area contributed by atoms with Gasteiger partial charge >= 0.3 is 5.97 Å². The minimum atomic E-state index is -3.46. The Balaban J connectivity index is 2.39. The number of hydrogen-bond acceptors (Lipinski definition) is 5. The van der Waals surface area contributed by atoms with Crippen LogP contribution in [0.4, 0.5) is 11.6 Å². The maximum Gasteiger partial charge on any atom is 0.335 e. The third kappa shape index (κ3) is 3.49. The molecule has 22 heavy (non-hydrogen) atoms. The Hall–Kier alpha value is -1.83. The zero-order valence-corrected chi connectivity index (χ0v) is 13.7. The molecule has 2 rings (SSSR count). The number of aromatic nitrogens is 1. The van der Waals surface area contributed by atoms with Gasteiger partial charge in [0.25, 0.3) is 0 Å². The molecular formula is C14H21N3O4S. The highest BCUT2D eigenvalue weighted by molar-refractivity contribution is 7.93. The van der Waals surface area contributed by atoms with E-state index in [0.717, 1.165) is 10.7 Å². The molecule has 0 aromatic carbocycles. The van der Waals surface area contributed by atoms with E-state index in [1.54, 1.807) is 0 Å². The van der Waals surface area contributed by atoms with Crippen molar-refractivity contribution >= 4 is 27.6 Å². The number of sulfonamides is 1. The zero-order chi connectivity index (χ0) is 16.5. The van der Waals surface area contributed by atoms with Crippen molar-refractivity contribution in [3.05, 3.63) is 17.7 Å². The first-order valence-electron chi connectivity index (χ1n) is 7.25. The highest BCUT2D eigenvalue weighted by Gasteiger charge is 2.39. The average molecular weight is 327 g/mol. The molecule has 0 unspecified atom stereocenters. The highest BCUT2D eigenvalue weighted by Crippen LogP contribution is 2.32. The number of pyridine rings is 1. The summed E-state index contributed by atoms with van der Waals surface area (Å²) in [6.45, 7) is 3.93. The summed E-state index contributed by atoms with van der Waals surface area (Å²) in [5.41, 5.74) is 0.00801. The molecule has 1 fully saturated rings. The Labute approximate surface area is 130 Å². The molecule has 0 amide bonds. The van der Waals surface area contributed by atoms with Crippen LogP contribution in [0.2, 0.25) is 0 Å². The Bertz CT molecular complexity index is 671. The Kier molecular flexibility index (Phi) is 4.60. The van der Waals surface area contributed by atoms with Crippen molar-refractivity contribution in [2.75, 3.05) is 16.7 Å². The Morgan fingerprint density at radius 1 is 1.50 bits per heavy atom. The highest BCUT2D eigenvalue weighted by atomic mass is 32.2. The minimum absolute atomic E-state index is 0.00801. The van der Waals surface area contributed by atoms with Crippen LogP contribution in [0.15, 0.2) is 12.1 Å². The summed E-state index contributed by atoms with van der Waals surface area (Å²) in [7, 11) is -2.05. The van der Waals surface area contributed by atoms with Gasteiger partial charge in [-0.2, -0.15) is 0 Å². The van der Waals surface area contributed by atoms with Gasteiger partial charge in [0, 0.05) is 13.1 Å². The average Bonchev–Trinajstić information content (AvgIpc) is 3.30. The van der Waals surface area contributed by atoms with Gasteiger partial charge in [-0.1, -0.05) is 6.92 Å². The standard InChI is InChI=1S/C14H21N3O4S/c1-4-9(2)15-12-7-10(14(18)19)8-13(16-12)17(3)22(20,21)11-5-6-11/h7-9,11H,4-6H2,1-3H3,(H,15,16)(H,18,19)/t9-/m0/s1. The summed E-state index contributed by atoms with van der Waals surface area (Å²) in [5.74, 6) is -0.632. The predicted octanol–water partition coefficient (Wildman–Crippen LogP) is 1.92. The zero-order valence-electron chi connectivity index (χ0n) is 12.9. The van der Waals surface area contributed by atoms with Crippen LogP contribution in [0.5, 0.6) is 0 Å². The largest absolute Gasteiger partial charge is 0.478 e. The van der Waals surface area contributed by atoms with Crippen molar-refractivity contribution in [1.29, 1.82) is 0 Å². The van der Waals surface area contributed by atoms with Gasteiger partial charge in [0.2, 0.25) is 10.0 Å². The SMILES string of the molecule is CC[C@H](C)Nc1cc(C(=O)O)cc(N(C)S(=O)(=O)C2CC2)n1. The summed E-state index contributed by atoms with van der Waals surface area (Å²) in [6.07, 6.45) is 2.12. The van der Waals surface area contributed by atoms with Crippen molar-refractivity contribution in [3.63, 3.8) is 0 Å². The summed E-state index contributed by atoms with van der Waals surface area (Å²) in [5, 5.41) is 11.9. The van der Waals surface area contributed by atoms with Crippen LogP contribution in [-0.4, -0.2) is 42.8 Å². The lowest BCUT2D eigenvalue weighted by atomic mass is 10.2. The number of rotatable bonds is 7. The van der Waals surface area contributed by atoms with E-state index >= 15 is 0 Å². The number of carboxylic acid groups (broad SMARTS) is 1. The number of carbonyl (C=O) groups is 1. The van der Waals surface area contributed by atoms with Gasteiger partial charge in [0.05, 0.1) is 10.8 Å². The van der Waals surface area contributed by atoms with E-state index in [9.17, 15) is 18.3 Å². The molecule has 1 aliphatic rings. The molecule has 2 N–H and O–H groups in total. The van der Waals surface area contributed by atoms with Crippen molar-refractivity contribution in [2.24, 2.45) is 0 Å². The van der Waals surface area contributed by atoms with Crippen LogP contribution in [0.1, 0.15) is 43.5 Å². The smallest absolute Gasteiger partial charge is 0.335 e. The van der Waals surface area contributed by atoms with Crippen molar-refractivity contribution < 1.29 is 18.3 Å². The van der Waals surface area contributed by atoms with E-state index in [2.05, 4.69) is 10.3 Å². The molecule has 0 aliphatic heterocycles. The number of hydrogen-bond donors (Lipinski definition) is 2. The summed E-state index contributed by atoms with van der Waals surface area (Å²) in [4.78, 5) is 15.5. The summed E-state index contributed by atoms with van der Waals surface area (Å²) in [6, 6.07) is 2.80. The topological polar surface area (TPSA) is 99.6 Å². The van der Waals surface area contributed by atoms with E-state index in [1.165, 1.54) is 19.2 Å². The van der Waals surface area contributed by atoms with Gasteiger partial charge in [-0.15, -0.1) is 0 Å². The minimum Gasteiger partial charge on any atom is -0.478 e. The second-order valence-corrected chi connectivity index (χ2v) is 7.81. The first-order chi connectivity index (χ1) is 10.3. The third-order valence-corrected chi connectivity index (χ3v) is 5.98. The van der Waals surface area contributed by atoms with E-state index in [4.69, 9.17) is 0 Å². The molecule has 1 heterocycles. The number of nitrogens with zero attached hydrogens (tertiary/aromatic N) is 2. The molecule has 0 radical (unpaired) electrons. The second kappa shape index (κ2) is 6.12. The lowest BCUT2D eigenvalue weighted by Gasteiger charge is -2.20. The van der Waals surface area contributed by atoms with E-state index < -0.39 is 16.0 Å². The van der Waals surface area contributed by atoms with Crippen LogP contribution < -0.4 is 9.62 Å². The molecule has 7 nitrogen and oxygen atoms in total. The summed E-state index contributed by atoms with van der Waals surface area (Å²) < 4.78 is 25.6. The van der Waals surface area contributed by atoms with Crippen LogP contribution in [0, 0.1) is 0 Å². The Morgan fingerprint density at radius 2 is 2.14 bits per heavy atom. The molecule has 1 aromatic heterocycles. The van der Waals surface area contributed by atoms with Crippen LogP contribution in [0.25, 0.3) is 0 Å². The summed E-state index contributed by atoms with van der Waals surface area (Å²) >= 11 is 0. The lowest BCUT2D eigenvalue weighted by Crippen LogP contribution is -2.31. The third-order valence-electron chi connectivity index (χ3n) is 3.72. The van der Waals surface area contributed by atoms with Gasteiger partial charge in [0.1, 0.15) is 11.6 Å². The molecule has 0 bridgehead atoms. The molecule has 0 spiro atoms. The van der Waals surface area contributed by atoms with Crippen LogP contribution in [-0.2, 0) is 10.0 Å². The van der Waals surface area contributed by atoms with E-state index in [0.29, 0.717) is 18.7 Å². The fourth-order valence-electron chi connectivity index (χ4n) is 1.95. The second-order valence-electron chi connectivity index (χ2n) is 5.57. The van der Waals surface area contributed by atoms with Crippen molar-refractivity contribution in [1.82, 2.24) is 4.98 Å². The first-order valence-corrected chi connectivity index (χ1v) is 8.75. The maximum absolute atomic E-state index is 12.3. The van der Waals surface area contributed by atoms with Gasteiger partial charge in [-0.05, 0) is 38.3 Å². The molecule has 0 saturated heterocycles. The van der Waals surface area contributed by atoms with Crippen LogP contribution >= 0.6 is 0 Å². The first kappa shape index (κ1) is 16.5. The molecule has 8 heteroatoms. The van der Waals surface area contributed by atoms with E-state index in [1.807, 2.05) is 13.8 Å². The number of aromatic carboxylic acids is 1. The Morgan fingerprint density at radius 3 is 2.64 bits per heavy atom. The van der Waals surface area contributed by atoms with Gasteiger partial charge in [-0.3, -0.25) is 4.31 Å². The van der Waals surface area contributed by atoms with Crippen molar-refractivity contribution in [3.8, 4) is 0 Å². The van der Waals surface area contributed by atoms with Crippen LogP contribution in [0.3, 0.4) is 0 Å². The van der Waals surface area contributed by atoms with Gasteiger partial charge in [0.15, 0.2) is 0 Å². The fourth-order valence-corrected chi connectivity index (χ4v) is 3.48. The van der Waals surface area contributed by atoms with Gasteiger partial charge < -0.3 is 10.4 Å². The number of anilines is 2. The molecule has 122 valence electrons. The normalized spacial score (nSPS) is 16.1. The fraction of sp³-hybridized carbons (Fsp3) is 0.571. The monoisotopic (exact) mass is 327 g/mol. The number of nitrogens with one attached hydrogen (secondary N) is 1. The van der Waals surface area contributed by atoms with Crippen molar-refractivity contribution in [2.45, 2.75) is 44.4 Å². The number of carboxylic acids is 1. The maximum atomic E-state index is 12.3. The molecule has 1 aromatic rings.